The molecule has 37 heavy (non-hydrogen) atoms. The number of piperazine rings is 1. The monoisotopic (exact) mass is 514 g/mol. The second kappa shape index (κ2) is 11.2. The summed E-state index contributed by atoms with van der Waals surface area (Å²) in [5, 5.41) is 15.5. The number of aliphatic hydroxyl groups excluding tert-OH is 1. The molecule has 0 spiro atoms. The van der Waals surface area contributed by atoms with Crippen molar-refractivity contribution in [2.75, 3.05) is 44.6 Å². The topological polar surface area (TPSA) is 60.9 Å². The molecule has 2 aliphatic rings. The first-order chi connectivity index (χ1) is 17.8. The minimum absolute atomic E-state index is 0.205. The Morgan fingerprint density at radius 3 is 2.41 bits per heavy atom. The van der Waals surface area contributed by atoms with Crippen molar-refractivity contribution in [2.45, 2.75) is 44.7 Å². The number of aryl methyl sites for hydroxylation is 1. The first kappa shape index (κ1) is 25.8. The number of nitrogens with zero attached hydrogens (tertiary/aromatic N) is 3. The quantitative estimate of drug-likeness (QED) is 0.458. The fraction of sp³-hybridized carbons (Fsp3) is 0.464. The second-order valence-corrected chi connectivity index (χ2v) is 9.94. The van der Waals surface area contributed by atoms with Gasteiger partial charge in [0.1, 0.15) is 5.75 Å². The number of rotatable bonds is 8. The van der Waals surface area contributed by atoms with E-state index in [2.05, 4.69) is 32.0 Å². The van der Waals surface area contributed by atoms with Gasteiger partial charge in [-0.3, -0.25) is 14.8 Å². The molecule has 198 valence electrons. The van der Waals surface area contributed by atoms with Crippen molar-refractivity contribution in [2.24, 2.45) is 0 Å². The Hall–Kier alpha value is -2.88. The average molecular weight is 515 g/mol. The Morgan fingerprint density at radius 2 is 1.65 bits per heavy atom. The van der Waals surface area contributed by atoms with Crippen molar-refractivity contribution in [3.63, 3.8) is 0 Å². The third-order valence-corrected chi connectivity index (χ3v) is 7.18. The van der Waals surface area contributed by atoms with E-state index >= 15 is 0 Å². The summed E-state index contributed by atoms with van der Waals surface area (Å²) in [6.07, 6.45) is -0.814. The summed E-state index contributed by atoms with van der Waals surface area (Å²) in [7, 11) is 0. The maximum atomic E-state index is 12.3. The minimum atomic E-state index is -4.68. The molecule has 6 nitrogen and oxygen atoms in total. The molecule has 1 aliphatic heterocycles. The van der Waals surface area contributed by atoms with Gasteiger partial charge in [-0.25, -0.2) is 0 Å². The highest BCUT2D eigenvalue weighted by atomic mass is 19.4. The summed E-state index contributed by atoms with van der Waals surface area (Å²) >= 11 is 0. The van der Waals surface area contributed by atoms with Crippen molar-refractivity contribution in [3.05, 3.63) is 65.4 Å². The van der Waals surface area contributed by atoms with Crippen LogP contribution in [-0.2, 0) is 19.4 Å². The van der Waals surface area contributed by atoms with Gasteiger partial charge in [0.2, 0.25) is 0 Å². The Labute approximate surface area is 215 Å². The van der Waals surface area contributed by atoms with Crippen LogP contribution in [0.15, 0.2) is 48.5 Å². The number of nitrogens with one attached hydrogen (secondary N) is 1. The van der Waals surface area contributed by atoms with Gasteiger partial charge in [-0.2, -0.15) is 0 Å². The van der Waals surface area contributed by atoms with Gasteiger partial charge in [0, 0.05) is 62.6 Å². The highest BCUT2D eigenvalue weighted by molar-refractivity contribution is 5.93. The lowest BCUT2D eigenvalue weighted by Gasteiger charge is -2.35. The van der Waals surface area contributed by atoms with Crippen LogP contribution in [0.25, 0.3) is 10.9 Å². The van der Waals surface area contributed by atoms with Crippen LogP contribution in [0, 0.1) is 0 Å². The van der Waals surface area contributed by atoms with Crippen LogP contribution in [0.4, 0.5) is 18.9 Å². The number of fused-ring (bicyclic) bond motifs is 2. The van der Waals surface area contributed by atoms with Crippen molar-refractivity contribution < 1.29 is 23.0 Å². The number of aliphatic hydroxyl groups is 1. The number of para-hydroxylation sites is 1. The number of aromatic nitrogens is 1. The molecule has 9 heteroatoms. The van der Waals surface area contributed by atoms with Crippen LogP contribution in [-0.4, -0.2) is 71.6 Å². The number of benzene rings is 2. The van der Waals surface area contributed by atoms with E-state index in [9.17, 15) is 18.3 Å². The second-order valence-electron chi connectivity index (χ2n) is 9.94. The zero-order chi connectivity index (χ0) is 25.8. The predicted octanol–water partition coefficient (Wildman–Crippen LogP) is 4.60. The highest BCUT2D eigenvalue weighted by Gasteiger charge is 2.31. The molecule has 2 aromatic carbocycles. The van der Waals surface area contributed by atoms with E-state index in [0.717, 1.165) is 61.2 Å². The molecule has 0 radical (unpaired) electrons. The number of β-amino-alcohol motifs (C(OH)–C–C–N with tert-alkyl or cyclic N) is 1. The standard InChI is InChI=1S/C28H33F3N4O2/c29-28(30,31)37-22-11-9-20(10-12-22)18-34-13-15-35(16-14-34)19-21(36)17-32-27-23-5-1-3-7-25(23)33-26-8-4-2-6-24(26)27/h1,3,5,7,9-12,21,36H,2,4,6,8,13-19H2,(H,32,33). The van der Waals surface area contributed by atoms with E-state index in [-0.39, 0.29) is 5.75 Å². The average Bonchev–Trinajstić information content (AvgIpc) is 2.88. The number of alkyl halides is 3. The molecule has 0 saturated carbocycles. The zero-order valence-electron chi connectivity index (χ0n) is 20.8. The molecule has 1 fully saturated rings. The maximum absolute atomic E-state index is 12.3. The zero-order valence-corrected chi connectivity index (χ0v) is 20.8. The number of hydrogen-bond donors (Lipinski definition) is 2. The lowest BCUT2D eigenvalue weighted by atomic mass is 9.92. The van der Waals surface area contributed by atoms with Gasteiger partial charge in [-0.1, -0.05) is 30.3 Å². The molecule has 0 amide bonds. The molecule has 3 aromatic rings. The molecule has 0 bridgehead atoms. The molecule has 1 aliphatic carbocycles. The summed E-state index contributed by atoms with van der Waals surface area (Å²) in [6, 6.07) is 14.2. The van der Waals surface area contributed by atoms with Crippen LogP contribution >= 0.6 is 0 Å². The predicted molar refractivity (Wildman–Crippen MR) is 138 cm³/mol. The third kappa shape index (κ3) is 6.71. The Balaban J connectivity index is 1.11. The number of pyridine rings is 1. The van der Waals surface area contributed by atoms with Crippen molar-refractivity contribution in [3.8, 4) is 5.75 Å². The summed E-state index contributed by atoms with van der Waals surface area (Å²) in [6.45, 7) is 5.08. The van der Waals surface area contributed by atoms with Crippen molar-refractivity contribution in [1.29, 1.82) is 0 Å². The van der Waals surface area contributed by atoms with Crippen LogP contribution in [0.5, 0.6) is 5.75 Å². The molecular formula is C28H33F3N4O2. The molecule has 2 N–H and O–H groups in total. The van der Waals surface area contributed by atoms with E-state index in [1.54, 1.807) is 12.1 Å². The van der Waals surface area contributed by atoms with Crippen LogP contribution in [0.3, 0.4) is 0 Å². The van der Waals surface area contributed by atoms with Gasteiger partial charge >= 0.3 is 6.36 Å². The maximum Gasteiger partial charge on any atom is 0.573 e. The first-order valence-electron chi connectivity index (χ1n) is 13.0. The summed E-state index contributed by atoms with van der Waals surface area (Å²) in [4.78, 5) is 9.43. The minimum Gasteiger partial charge on any atom is -0.406 e. The lowest BCUT2D eigenvalue weighted by molar-refractivity contribution is -0.274. The highest BCUT2D eigenvalue weighted by Crippen LogP contribution is 2.33. The van der Waals surface area contributed by atoms with E-state index in [1.807, 2.05) is 12.1 Å². The third-order valence-electron chi connectivity index (χ3n) is 7.18. The Morgan fingerprint density at radius 1 is 0.946 bits per heavy atom. The van der Waals surface area contributed by atoms with Gasteiger partial charge < -0.3 is 15.2 Å². The molecule has 1 aromatic heterocycles. The van der Waals surface area contributed by atoms with Gasteiger partial charge in [0.05, 0.1) is 11.6 Å². The normalized spacial score (nSPS) is 17.9. The molecule has 1 atom stereocenters. The largest absolute Gasteiger partial charge is 0.573 e. The SMILES string of the molecule is OC(CNc1c2c(nc3ccccc13)CCCC2)CN1CCN(Cc2ccc(OC(F)(F)F)cc2)CC1. The van der Waals surface area contributed by atoms with E-state index in [1.165, 1.54) is 36.2 Å². The van der Waals surface area contributed by atoms with Crippen molar-refractivity contribution >= 4 is 16.6 Å². The molecule has 5 rings (SSSR count). The van der Waals surface area contributed by atoms with E-state index in [4.69, 9.17) is 4.98 Å². The number of ether oxygens (including phenoxy) is 1. The van der Waals surface area contributed by atoms with Gasteiger partial charge in [-0.15, -0.1) is 13.2 Å². The fourth-order valence-corrected chi connectivity index (χ4v) is 5.34. The molecule has 1 unspecified atom stereocenters. The fourth-order valence-electron chi connectivity index (χ4n) is 5.34. The van der Waals surface area contributed by atoms with Gasteiger partial charge in [0.25, 0.3) is 0 Å². The number of anilines is 1. The van der Waals surface area contributed by atoms with E-state index in [0.29, 0.717) is 19.6 Å². The Bertz CT molecular complexity index is 1190. The van der Waals surface area contributed by atoms with Gasteiger partial charge in [-0.05, 0) is 55.0 Å². The summed E-state index contributed by atoms with van der Waals surface area (Å²) in [5.41, 5.74) is 5.54. The summed E-state index contributed by atoms with van der Waals surface area (Å²) < 4.78 is 41.0. The molecule has 2 heterocycles. The summed E-state index contributed by atoms with van der Waals surface area (Å²) in [5.74, 6) is -0.205. The van der Waals surface area contributed by atoms with Gasteiger partial charge in [0.15, 0.2) is 0 Å². The number of halogens is 3. The Kier molecular flexibility index (Phi) is 7.83. The molecule has 1 saturated heterocycles. The van der Waals surface area contributed by atoms with Crippen molar-refractivity contribution in [1.82, 2.24) is 14.8 Å². The van der Waals surface area contributed by atoms with E-state index < -0.39 is 12.5 Å². The van der Waals surface area contributed by atoms with Crippen LogP contribution in [0.2, 0.25) is 0 Å². The smallest absolute Gasteiger partial charge is 0.406 e. The molecular weight excluding hydrogens is 481 g/mol. The van der Waals surface area contributed by atoms with Crippen LogP contribution in [0.1, 0.15) is 29.7 Å². The first-order valence-corrected chi connectivity index (χ1v) is 13.0. The lowest BCUT2D eigenvalue weighted by Crippen LogP contribution is -2.48. The van der Waals surface area contributed by atoms with Crippen LogP contribution < -0.4 is 10.1 Å². The number of hydrogen-bond acceptors (Lipinski definition) is 6.